The third kappa shape index (κ3) is 4.40. The van der Waals surface area contributed by atoms with Crippen molar-refractivity contribution in [2.75, 3.05) is 26.3 Å². The molecule has 1 saturated heterocycles. The minimum Gasteiger partial charge on any atom is -0.453 e. The van der Waals surface area contributed by atoms with E-state index >= 15 is 0 Å². The minimum absolute atomic E-state index is 0.0231. The molecule has 0 atom stereocenters. The van der Waals surface area contributed by atoms with Gasteiger partial charge in [-0.2, -0.15) is 9.40 Å². The van der Waals surface area contributed by atoms with E-state index in [1.54, 1.807) is 24.3 Å². The number of sulfonamides is 1. The van der Waals surface area contributed by atoms with Crippen molar-refractivity contribution >= 4 is 27.0 Å². The third-order valence-corrected chi connectivity index (χ3v) is 7.90. The number of ether oxygens (including phenoxy) is 2. The fourth-order valence-corrected chi connectivity index (χ4v) is 5.52. The second kappa shape index (κ2) is 8.88. The predicted molar refractivity (Wildman–Crippen MR) is 119 cm³/mol. The van der Waals surface area contributed by atoms with Gasteiger partial charge in [-0.25, -0.2) is 18.2 Å². The SMILES string of the molecule is CCCn1c(COC(=O)c2cc(C3CC3)[nH]n2)nc2cc(S(=O)(=O)N3CCOCC3)ccc21. The van der Waals surface area contributed by atoms with Crippen LogP contribution < -0.4 is 0 Å². The molecule has 0 spiro atoms. The van der Waals surface area contributed by atoms with E-state index in [4.69, 9.17) is 9.47 Å². The number of fused-ring (bicyclic) bond motifs is 1. The topological polar surface area (TPSA) is 119 Å². The lowest BCUT2D eigenvalue weighted by atomic mass is 10.3. The largest absolute Gasteiger partial charge is 0.453 e. The predicted octanol–water partition coefficient (Wildman–Crippen LogP) is 2.42. The zero-order valence-corrected chi connectivity index (χ0v) is 19.3. The summed E-state index contributed by atoms with van der Waals surface area (Å²) >= 11 is 0. The van der Waals surface area contributed by atoms with Gasteiger partial charge in [0.15, 0.2) is 5.69 Å². The number of benzene rings is 1. The highest BCUT2D eigenvalue weighted by molar-refractivity contribution is 7.89. The molecule has 0 bridgehead atoms. The second-order valence-electron chi connectivity index (χ2n) is 8.41. The molecule has 1 aliphatic heterocycles. The van der Waals surface area contributed by atoms with Gasteiger partial charge in [-0.05, 0) is 43.5 Å². The molecular formula is C22H27N5O5S. The lowest BCUT2D eigenvalue weighted by molar-refractivity contribution is 0.0451. The van der Waals surface area contributed by atoms with Gasteiger partial charge in [-0.15, -0.1) is 0 Å². The molecule has 2 fully saturated rings. The van der Waals surface area contributed by atoms with Gasteiger partial charge >= 0.3 is 5.97 Å². The number of aromatic amines is 1. The van der Waals surface area contributed by atoms with Crippen LogP contribution in [0.2, 0.25) is 0 Å². The van der Waals surface area contributed by atoms with Gasteiger partial charge in [0.2, 0.25) is 10.0 Å². The molecule has 10 nitrogen and oxygen atoms in total. The molecule has 2 aliphatic rings. The van der Waals surface area contributed by atoms with Crippen LogP contribution in [-0.2, 0) is 32.6 Å². The first-order chi connectivity index (χ1) is 16.0. The Morgan fingerprint density at radius 3 is 2.76 bits per heavy atom. The minimum atomic E-state index is -3.62. The molecule has 33 heavy (non-hydrogen) atoms. The Morgan fingerprint density at radius 1 is 1.24 bits per heavy atom. The normalized spacial score (nSPS) is 17.5. The number of nitrogens with zero attached hydrogens (tertiary/aromatic N) is 4. The third-order valence-electron chi connectivity index (χ3n) is 6.01. The maximum absolute atomic E-state index is 13.0. The van der Waals surface area contributed by atoms with Gasteiger partial charge in [-0.1, -0.05) is 6.92 Å². The van der Waals surface area contributed by atoms with Gasteiger partial charge in [-0.3, -0.25) is 5.10 Å². The van der Waals surface area contributed by atoms with Crippen molar-refractivity contribution in [1.29, 1.82) is 0 Å². The molecule has 2 aromatic heterocycles. The Balaban J connectivity index is 1.38. The van der Waals surface area contributed by atoms with E-state index in [1.807, 2.05) is 11.5 Å². The van der Waals surface area contributed by atoms with Crippen LogP contribution in [0.25, 0.3) is 11.0 Å². The molecule has 0 unspecified atom stereocenters. The number of imidazole rings is 1. The van der Waals surface area contributed by atoms with Gasteiger partial charge in [0.05, 0.1) is 29.1 Å². The van der Waals surface area contributed by atoms with E-state index in [-0.39, 0.29) is 17.2 Å². The Hall–Kier alpha value is -2.76. The quantitative estimate of drug-likeness (QED) is 0.499. The van der Waals surface area contributed by atoms with E-state index in [1.165, 1.54) is 4.31 Å². The fourth-order valence-electron chi connectivity index (χ4n) is 4.09. The van der Waals surface area contributed by atoms with Crippen molar-refractivity contribution in [2.45, 2.75) is 50.2 Å². The highest BCUT2D eigenvalue weighted by Crippen LogP contribution is 2.39. The number of carbonyl (C=O) groups is 1. The van der Waals surface area contributed by atoms with E-state index in [2.05, 4.69) is 15.2 Å². The summed E-state index contributed by atoms with van der Waals surface area (Å²) in [6.07, 6.45) is 3.08. The van der Waals surface area contributed by atoms with Crippen molar-refractivity contribution in [2.24, 2.45) is 0 Å². The van der Waals surface area contributed by atoms with Gasteiger partial charge in [0, 0.05) is 31.2 Å². The number of H-pyrrole nitrogens is 1. The Labute approximate surface area is 191 Å². The van der Waals surface area contributed by atoms with Gasteiger partial charge < -0.3 is 14.0 Å². The number of carbonyl (C=O) groups excluding carboxylic acids is 1. The fraction of sp³-hybridized carbons (Fsp3) is 0.500. The Kier molecular flexibility index (Phi) is 5.94. The summed E-state index contributed by atoms with van der Waals surface area (Å²) in [5.41, 5.74) is 2.59. The van der Waals surface area contributed by atoms with Gasteiger partial charge in [0.1, 0.15) is 12.4 Å². The van der Waals surface area contributed by atoms with Crippen molar-refractivity contribution in [3.05, 3.63) is 41.5 Å². The van der Waals surface area contributed by atoms with Crippen molar-refractivity contribution in [3.8, 4) is 0 Å². The lowest BCUT2D eigenvalue weighted by Crippen LogP contribution is -2.40. The molecule has 176 valence electrons. The van der Waals surface area contributed by atoms with Crippen LogP contribution in [0.4, 0.5) is 0 Å². The smallest absolute Gasteiger partial charge is 0.359 e. The summed E-state index contributed by atoms with van der Waals surface area (Å²) in [4.78, 5) is 17.3. The monoisotopic (exact) mass is 473 g/mol. The van der Waals surface area contributed by atoms with Crippen LogP contribution in [0.1, 0.15) is 54.1 Å². The van der Waals surface area contributed by atoms with E-state index < -0.39 is 16.0 Å². The van der Waals surface area contributed by atoms with E-state index in [0.29, 0.717) is 50.1 Å². The highest BCUT2D eigenvalue weighted by Gasteiger charge is 2.28. The second-order valence-corrected chi connectivity index (χ2v) is 10.3. The number of hydrogen-bond acceptors (Lipinski definition) is 7. The molecule has 1 aromatic carbocycles. The number of nitrogens with one attached hydrogen (secondary N) is 1. The van der Waals surface area contributed by atoms with Crippen molar-refractivity contribution in [1.82, 2.24) is 24.1 Å². The van der Waals surface area contributed by atoms with E-state index in [0.717, 1.165) is 30.5 Å². The number of aromatic nitrogens is 4. The first kappa shape index (κ1) is 22.1. The number of esters is 1. The molecule has 11 heteroatoms. The molecule has 0 radical (unpaired) electrons. The Morgan fingerprint density at radius 2 is 2.03 bits per heavy atom. The first-order valence-electron chi connectivity index (χ1n) is 11.3. The zero-order chi connectivity index (χ0) is 23.0. The molecule has 0 amide bonds. The average Bonchev–Trinajstić information content (AvgIpc) is 3.46. The van der Waals surface area contributed by atoms with Crippen LogP contribution in [0, 0.1) is 0 Å². The van der Waals surface area contributed by atoms with Crippen LogP contribution in [0.15, 0.2) is 29.2 Å². The number of rotatable bonds is 8. The van der Waals surface area contributed by atoms with Crippen molar-refractivity contribution in [3.63, 3.8) is 0 Å². The van der Waals surface area contributed by atoms with Crippen LogP contribution in [-0.4, -0.2) is 64.7 Å². The Bertz CT molecular complexity index is 1270. The number of aryl methyl sites for hydroxylation is 1. The maximum Gasteiger partial charge on any atom is 0.359 e. The molecule has 1 aliphatic carbocycles. The summed E-state index contributed by atoms with van der Waals surface area (Å²) in [5.74, 6) is 0.527. The molecular weight excluding hydrogens is 446 g/mol. The van der Waals surface area contributed by atoms with Crippen molar-refractivity contribution < 1.29 is 22.7 Å². The number of morpholine rings is 1. The highest BCUT2D eigenvalue weighted by atomic mass is 32.2. The molecule has 1 N–H and O–H groups in total. The summed E-state index contributed by atoms with van der Waals surface area (Å²) < 4.78 is 40.2. The van der Waals surface area contributed by atoms with Crippen LogP contribution in [0.3, 0.4) is 0 Å². The molecule has 5 rings (SSSR count). The molecule has 1 saturated carbocycles. The standard InChI is InChI=1S/C22H27N5O5S/c1-2-7-27-20-6-5-16(33(29,30)26-8-10-31-11-9-26)12-18(20)23-21(27)14-32-22(28)19-13-17(24-25-19)15-3-4-15/h5-6,12-13,15H,2-4,7-11,14H2,1H3,(H,24,25). The summed E-state index contributed by atoms with van der Waals surface area (Å²) in [5, 5.41) is 6.97. The number of hydrogen-bond donors (Lipinski definition) is 1. The van der Waals surface area contributed by atoms with Gasteiger partial charge in [0.25, 0.3) is 0 Å². The molecule has 3 heterocycles. The average molecular weight is 474 g/mol. The summed E-state index contributed by atoms with van der Waals surface area (Å²) in [6.45, 7) is 4.14. The zero-order valence-electron chi connectivity index (χ0n) is 18.5. The first-order valence-corrected chi connectivity index (χ1v) is 12.7. The maximum atomic E-state index is 13.0. The molecule has 3 aromatic rings. The van der Waals surface area contributed by atoms with E-state index in [9.17, 15) is 13.2 Å². The van der Waals surface area contributed by atoms with Crippen LogP contribution >= 0.6 is 0 Å². The summed E-state index contributed by atoms with van der Waals surface area (Å²) in [7, 11) is -3.62. The lowest BCUT2D eigenvalue weighted by Gasteiger charge is -2.26. The van der Waals surface area contributed by atoms with Crippen LogP contribution in [0.5, 0.6) is 0 Å². The summed E-state index contributed by atoms with van der Waals surface area (Å²) in [6, 6.07) is 6.72.